The molecule has 164 valence electrons. The predicted octanol–water partition coefficient (Wildman–Crippen LogP) is 4.37. The van der Waals surface area contributed by atoms with Crippen LogP contribution in [0.5, 0.6) is 5.75 Å². The Hall–Kier alpha value is -2.86. The summed E-state index contributed by atoms with van der Waals surface area (Å²) < 4.78 is 1.87. The number of fused-ring (bicyclic) bond motifs is 1. The third-order valence-corrected chi connectivity index (χ3v) is 6.15. The average Bonchev–Trinajstić information content (AvgIpc) is 3.36. The summed E-state index contributed by atoms with van der Waals surface area (Å²) in [4.78, 5) is 32.4. The minimum atomic E-state index is -0.0816. The van der Waals surface area contributed by atoms with E-state index < -0.39 is 0 Å². The number of rotatable bonds is 5. The number of amides is 1. The zero-order chi connectivity index (χ0) is 21.4. The number of carbonyl (C=O) groups excluding carboxylic acids is 2. The fraction of sp³-hybridized carbons (Fsp3) is 0.375. The zero-order valence-electron chi connectivity index (χ0n) is 18.1. The number of hydrogen-bond acceptors (Lipinski definition) is 4. The summed E-state index contributed by atoms with van der Waals surface area (Å²) in [6, 6.07) is 9.31. The molecule has 1 aliphatic rings. The van der Waals surface area contributed by atoms with Gasteiger partial charge in [-0.15, -0.1) is 12.4 Å². The third kappa shape index (κ3) is 4.17. The highest BCUT2D eigenvalue weighted by molar-refractivity contribution is 6.02. The van der Waals surface area contributed by atoms with E-state index in [0.717, 1.165) is 42.8 Å². The Morgan fingerprint density at radius 1 is 1.10 bits per heavy atom. The molecule has 2 aromatic carbocycles. The number of phenolic OH excluding ortho intramolecular Hbond substituents is 1. The molecule has 1 N–H and O–H groups in total. The third-order valence-electron chi connectivity index (χ3n) is 6.15. The number of aromatic hydroxyl groups is 1. The summed E-state index contributed by atoms with van der Waals surface area (Å²) >= 11 is 0. The molecular weight excluding hydrogens is 414 g/mol. The first-order chi connectivity index (χ1) is 14.4. The van der Waals surface area contributed by atoms with Crippen LogP contribution >= 0.6 is 12.4 Å². The first kappa shape index (κ1) is 22.8. The lowest BCUT2D eigenvalue weighted by Crippen LogP contribution is -2.28. The normalized spacial score (nSPS) is 13.5. The maximum Gasteiger partial charge on any atom is 0.254 e. The molecule has 1 saturated heterocycles. The van der Waals surface area contributed by atoms with E-state index in [9.17, 15) is 14.7 Å². The number of halogens is 1. The van der Waals surface area contributed by atoms with Crippen molar-refractivity contribution < 1.29 is 14.7 Å². The predicted molar refractivity (Wildman–Crippen MR) is 123 cm³/mol. The van der Waals surface area contributed by atoms with Gasteiger partial charge in [0, 0.05) is 43.2 Å². The van der Waals surface area contributed by atoms with Crippen LogP contribution in [0.3, 0.4) is 0 Å². The van der Waals surface area contributed by atoms with Crippen molar-refractivity contribution in [2.24, 2.45) is 7.05 Å². The van der Waals surface area contributed by atoms with E-state index in [1.54, 1.807) is 0 Å². The second-order valence-corrected chi connectivity index (χ2v) is 8.07. The van der Waals surface area contributed by atoms with Crippen LogP contribution in [0, 0.1) is 13.8 Å². The van der Waals surface area contributed by atoms with E-state index in [1.165, 1.54) is 0 Å². The van der Waals surface area contributed by atoms with E-state index in [0.29, 0.717) is 28.6 Å². The maximum atomic E-state index is 13.3. The Bertz CT molecular complexity index is 1150. The van der Waals surface area contributed by atoms with Gasteiger partial charge in [0.05, 0.1) is 5.52 Å². The molecule has 0 spiro atoms. The average molecular weight is 442 g/mol. The number of phenols is 1. The Balaban J connectivity index is 0.00000272. The van der Waals surface area contributed by atoms with Crippen LogP contribution in [-0.2, 0) is 13.5 Å². The molecule has 1 fully saturated rings. The smallest absolute Gasteiger partial charge is 0.254 e. The molecule has 6 nitrogen and oxygen atoms in total. The molecule has 0 unspecified atom stereocenters. The van der Waals surface area contributed by atoms with E-state index >= 15 is 0 Å². The summed E-state index contributed by atoms with van der Waals surface area (Å²) in [5.74, 6) is 0.690. The van der Waals surface area contributed by atoms with E-state index in [-0.39, 0.29) is 36.3 Å². The minimum Gasteiger partial charge on any atom is -0.505 e. The fourth-order valence-corrected chi connectivity index (χ4v) is 4.25. The van der Waals surface area contributed by atoms with Crippen molar-refractivity contribution in [3.05, 3.63) is 58.4 Å². The molecule has 0 saturated carbocycles. The second-order valence-electron chi connectivity index (χ2n) is 8.07. The van der Waals surface area contributed by atoms with Crippen LogP contribution in [0.1, 0.15) is 56.9 Å². The zero-order valence-corrected chi connectivity index (χ0v) is 19.0. The number of imidazole rings is 1. The summed E-state index contributed by atoms with van der Waals surface area (Å²) in [6.07, 6.45) is 2.49. The van der Waals surface area contributed by atoms with Crippen molar-refractivity contribution in [1.82, 2.24) is 14.5 Å². The van der Waals surface area contributed by atoms with Crippen LogP contribution in [0.2, 0.25) is 0 Å². The lowest BCUT2D eigenvalue weighted by atomic mass is 9.95. The minimum absolute atomic E-state index is 0. The SMILES string of the molecule is Cc1ccccc1C(=O)CCc1c(C(=O)N2CCCC2)cc2c(nc(C)n2C)c1O.Cl. The molecule has 0 radical (unpaired) electrons. The van der Waals surface area contributed by atoms with Gasteiger partial charge >= 0.3 is 0 Å². The van der Waals surface area contributed by atoms with Crippen molar-refractivity contribution in [3.8, 4) is 5.75 Å². The van der Waals surface area contributed by atoms with Gasteiger partial charge in [0.2, 0.25) is 0 Å². The van der Waals surface area contributed by atoms with Crippen molar-refractivity contribution in [2.45, 2.75) is 39.5 Å². The fourth-order valence-electron chi connectivity index (χ4n) is 4.25. The first-order valence-electron chi connectivity index (χ1n) is 10.4. The van der Waals surface area contributed by atoms with Gasteiger partial charge in [-0.1, -0.05) is 24.3 Å². The molecular formula is C24H28ClN3O3. The molecule has 0 atom stereocenters. The lowest BCUT2D eigenvalue weighted by molar-refractivity contribution is 0.0790. The standard InChI is InChI=1S/C24H27N3O3.ClH/c1-15-8-4-5-9-17(15)21(28)11-10-18-19(24(30)27-12-6-7-13-27)14-20-22(23(18)29)25-16(2)26(20)3;/h4-5,8-9,14,29H,6-7,10-13H2,1-3H3;1H. The monoisotopic (exact) mass is 441 g/mol. The van der Waals surface area contributed by atoms with Gasteiger partial charge in [-0.05, 0) is 44.7 Å². The second kappa shape index (κ2) is 9.10. The van der Waals surface area contributed by atoms with Gasteiger partial charge in [-0.2, -0.15) is 0 Å². The largest absolute Gasteiger partial charge is 0.505 e. The Kier molecular flexibility index (Phi) is 6.70. The molecule has 1 aliphatic heterocycles. The van der Waals surface area contributed by atoms with Crippen molar-refractivity contribution >= 4 is 35.1 Å². The molecule has 1 aromatic heterocycles. The van der Waals surface area contributed by atoms with Gasteiger partial charge < -0.3 is 14.6 Å². The Morgan fingerprint density at radius 3 is 2.45 bits per heavy atom. The molecule has 4 rings (SSSR count). The van der Waals surface area contributed by atoms with Crippen LogP contribution in [0.25, 0.3) is 11.0 Å². The number of benzene rings is 2. The van der Waals surface area contributed by atoms with Gasteiger partial charge in [-0.3, -0.25) is 9.59 Å². The number of Topliss-reactive ketones (excluding diaryl/α,β-unsaturated/α-hetero) is 1. The van der Waals surface area contributed by atoms with Crippen molar-refractivity contribution in [2.75, 3.05) is 13.1 Å². The van der Waals surface area contributed by atoms with Crippen LogP contribution < -0.4 is 0 Å². The van der Waals surface area contributed by atoms with E-state index in [1.807, 2.05) is 60.7 Å². The summed E-state index contributed by atoms with van der Waals surface area (Å²) in [5, 5.41) is 11.0. The van der Waals surface area contributed by atoms with Crippen molar-refractivity contribution in [1.29, 1.82) is 0 Å². The molecule has 0 bridgehead atoms. The molecule has 31 heavy (non-hydrogen) atoms. The van der Waals surface area contributed by atoms with Gasteiger partial charge in [-0.25, -0.2) is 4.98 Å². The van der Waals surface area contributed by atoms with E-state index in [2.05, 4.69) is 4.98 Å². The number of likely N-dealkylation sites (tertiary alicyclic amines) is 1. The number of hydrogen-bond donors (Lipinski definition) is 1. The quantitative estimate of drug-likeness (QED) is 0.596. The number of aryl methyl sites for hydroxylation is 3. The van der Waals surface area contributed by atoms with E-state index in [4.69, 9.17) is 0 Å². The molecule has 1 amide bonds. The Morgan fingerprint density at radius 2 is 1.77 bits per heavy atom. The van der Waals surface area contributed by atoms with Gasteiger partial charge in [0.15, 0.2) is 5.78 Å². The van der Waals surface area contributed by atoms with Gasteiger partial charge in [0.1, 0.15) is 17.1 Å². The van der Waals surface area contributed by atoms with Crippen LogP contribution in [-0.4, -0.2) is 44.3 Å². The van der Waals surface area contributed by atoms with Gasteiger partial charge in [0.25, 0.3) is 5.91 Å². The first-order valence-corrected chi connectivity index (χ1v) is 10.4. The summed E-state index contributed by atoms with van der Waals surface area (Å²) in [7, 11) is 1.87. The number of ketones is 1. The Labute approximate surface area is 188 Å². The molecule has 7 heteroatoms. The number of nitrogens with zero attached hydrogens (tertiary/aromatic N) is 3. The molecule has 3 aromatic rings. The highest BCUT2D eigenvalue weighted by Gasteiger charge is 2.26. The maximum absolute atomic E-state index is 13.3. The highest BCUT2D eigenvalue weighted by Crippen LogP contribution is 2.34. The lowest BCUT2D eigenvalue weighted by Gasteiger charge is -2.19. The summed E-state index contributed by atoms with van der Waals surface area (Å²) in [5.41, 5.74) is 3.80. The molecule has 2 heterocycles. The number of aromatic nitrogens is 2. The number of carbonyl (C=O) groups is 2. The topological polar surface area (TPSA) is 75.4 Å². The van der Waals surface area contributed by atoms with Crippen LogP contribution in [0.4, 0.5) is 0 Å². The van der Waals surface area contributed by atoms with Crippen LogP contribution in [0.15, 0.2) is 30.3 Å². The summed E-state index contributed by atoms with van der Waals surface area (Å²) in [6.45, 7) is 5.23. The van der Waals surface area contributed by atoms with Crippen molar-refractivity contribution in [3.63, 3.8) is 0 Å². The molecule has 0 aliphatic carbocycles. The highest BCUT2D eigenvalue weighted by atomic mass is 35.5.